The van der Waals surface area contributed by atoms with E-state index in [-0.39, 0.29) is 0 Å². The molecule has 0 fully saturated rings. The van der Waals surface area contributed by atoms with Gasteiger partial charge in [0.15, 0.2) is 0 Å². The summed E-state index contributed by atoms with van der Waals surface area (Å²) in [7, 11) is 0. The minimum absolute atomic E-state index is 0.907. The van der Waals surface area contributed by atoms with Crippen LogP contribution in [-0.4, -0.2) is 0 Å². The molecule has 0 bridgehead atoms. The second kappa shape index (κ2) is 5.61. The lowest BCUT2D eigenvalue weighted by Gasteiger charge is -2.08. The number of rotatable bonds is 4. The third kappa shape index (κ3) is 3.44. The molecule has 0 heteroatoms. The molecule has 0 heterocycles. The van der Waals surface area contributed by atoms with Crippen molar-refractivity contribution in [2.24, 2.45) is 0 Å². The largest absolute Gasteiger partial charge is 0.120 e. The summed E-state index contributed by atoms with van der Waals surface area (Å²) < 4.78 is 0. The summed E-state index contributed by atoms with van der Waals surface area (Å²) in [6.07, 6.45) is 9.63. The van der Waals surface area contributed by atoms with Crippen molar-refractivity contribution in [1.29, 1.82) is 0 Å². The molecule has 0 amide bonds. The van der Waals surface area contributed by atoms with E-state index in [1.807, 2.05) is 0 Å². The summed E-state index contributed by atoms with van der Waals surface area (Å²) in [4.78, 5) is 0. The number of terminal acetylenes is 1. The van der Waals surface area contributed by atoms with E-state index < -0.39 is 0 Å². The van der Waals surface area contributed by atoms with Crippen LogP contribution in [0.1, 0.15) is 41.5 Å². The Morgan fingerprint density at radius 1 is 1.07 bits per heavy atom. The number of hydrogen-bond donors (Lipinski definition) is 0. The van der Waals surface area contributed by atoms with Gasteiger partial charge in [-0.05, 0) is 62.3 Å². The Morgan fingerprint density at radius 2 is 1.67 bits per heavy atom. The van der Waals surface area contributed by atoms with Crippen LogP contribution < -0.4 is 0 Å². The summed E-state index contributed by atoms with van der Waals surface area (Å²) in [5.41, 5.74) is 5.68. The van der Waals surface area contributed by atoms with E-state index in [0.29, 0.717) is 0 Å². The molecule has 80 valence electrons. The first-order valence-corrected chi connectivity index (χ1v) is 5.65. The van der Waals surface area contributed by atoms with Gasteiger partial charge in [-0.25, -0.2) is 0 Å². The third-order valence-corrected chi connectivity index (χ3v) is 3.02. The number of hydrogen-bond acceptors (Lipinski definition) is 0. The fourth-order valence-corrected chi connectivity index (χ4v) is 1.83. The van der Waals surface area contributed by atoms with Crippen LogP contribution >= 0.6 is 0 Å². The first-order chi connectivity index (χ1) is 7.15. The third-order valence-electron chi connectivity index (χ3n) is 3.02. The minimum atomic E-state index is 0.907. The molecule has 0 atom stereocenters. The maximum Gasteiger partial charge on any atom is 0.00861 e. The first-order valence-electron chi connectivity index (χ1n) is 5.65. The molecule has 0 aliphatic carbocycles. The first kappa shape index (κ1) is 11.9. The van der Waals surface area contributed by atoms with Crippen LogP contribution in [0.4, 0.5) is 0 Å². The minimum Gasteiger partial charge on any atom is -0.120 e. The highest BCUT2D eigenvalue weighted by Crippen LogP contribution is 2.17. The Balaban J connectivity index is 2.59. The molecule has 0 saturated heterocycles. The summed E-state index contributed by atoms with van der Waals surface area (Å²) in [6, 6.07) is 4.61. The molecule has 0 N–H and O–H groups in total. The molecule has 15 heavy (non-hydrogen) atoms. The second-order valence-electron chi connectivity index (χ2n) is 4.27. The molecule has 1 rings (SSSR count). The molecule has 0 spiro atoms. The van der Waals surface area contributed by atoms with Crippen molar-refractivity contribution in [3.8, 4) is 12.3 Å². The average Bonchev–Trinajstić information content (AvgIpc) is 2.21. The van der Waals surface area contributed by atoms with Crippen molar-refractivity contribution < 1.29 is 0 Å². The number of unbranched alkanes of at least 4 members (excludes halogenated alkanes) is 2. The van der Waals surface area contributed by atoms with Gasteiger partial charge in [0, 0.05) is 6.42 Å². The summed E-state index contributed by atoms with van der Waals surface area (Å²) in [5.74, 6) is 2.69. The molecule has 0 aliphatic heterocycles. The fraction of sp³-hybridized carbons (Fsp3) is 0.467. The van der Waals surface area contributed by atoms with E-state index in [9.17, 15) is 0 Å². The topological polar surface area (TPSA) is 0 Å². The van der Waals surface area contributed by atoms with Crippen molar-refractivity contribution in [2.75, 3.05) is 0 Å². The van der Waals surface area contributed by atoms with Gasteiger partial charge in [-0.2, -0.15) is 0 Å². The summed E-state index contributed by atoms with van der Waals surface area (Å²) in [5, 5.41) is 0. The highest BCUT2D eigenvalue weighted by atomic mass is 14.1. The molecule has 1 aromatic carbocycles. The van der Waals surface area contributed by atoms with Gasteiger partial charge in [0.05, 0.1) is 0 Å². The maximum atomic E-state index is 5.23. The molecule has 1 aromatic rings. The highest BCUT2D eigenvalue weighted by Gasteiger charge is 2.00. The van der Waals surface area contributed by atoms with E-state index in [4.69, 9.17) is 6.42 Å². The average molecular weight is 200 g/mol. The SMILES string of the molecule is C#CCCCCc1cc(C)c(C)c(C)c1. The van der Waals surface area contributed by atoms with Crippen LogP contribution in [-0.2, 0) is 6.42 Å². The standard InChI is InChI=1S/C15H20/c1-5-6-7-8-9-15-10-12(2)14(4)13(3)11-15/h1,10-11H,6-9H2,2-4H3. The van der Waals surface area contributed by atoms with E-state index in [1.54, 1.807) is 0 Å². The van der Waals surface area contributed by atoms with E-state index in [1.165, 1.54) is 28.7 Å². The number of benzene rings is 1. The van der Waals surface area contributed by atoms with Crippen molar-refractivity contribution in [1.82, 2.24) is 0 Å². The normalized spacial score (nSPS) is 10.0. The second-order valence-corrected chi connectivity index (χ2v) is 4.27. The van der Waals surface area contributed by atoms with Gasteiger partial charge in [0.1, 0.15) is 0 Å². The predicted octanol–water partition coefficient (Wildman–Crippen LogP) is 3.96. The molecule has 0 unspecified atom stereocenters. The van der Waals surface area contributed by atoms with Gasteiger partial charge in [0.25, 0.3) is 0 Å². The zero-order valence-electron chi connectivity index (χ0n) is 10.1. The lowest BCUT2D eigenvalue weighted by molar-refractivity contribution is 0.755. The van der Waals surface area contributed by atoms with Crippen molar-refractivity contribution in [2.45, 2.75) is 46.5 Å². The highest BCUT2D eigenvalue weighted by molar-refractivity contribution is 5.36. The Bertz CT molecular complexity index is 343. The molecule has 0 aliphatic rings. The molecular formula is C15H20. The van der Waals surface area contributed by atoms with Gasteiger partial charge in [-0.3, -0.25) is 0 Å². The van der Waals surface area contributed by atoms with E-state index in [2.05, 4.69) is 38.8 Å². The smallest absolute Gasteiger partial charge is 0.00861 e. The molecule has 0 radical (unpaired) electrons. The Morgan fingerprint density at radius 3 is 2.20 bits per heavy atom. The Kier molecular flexibility index (Phi) is 4.43. The quantitative estimate of drug-likeness (QED) is 0.510. The lowest BCUT2D eigenvalue weighted by Crippen LogP contribution is -1.92. The van der Waals surface area contributed by atoms with Gasteiger partial charge in [-0.1, -0.05) is 12.1 Å². The fourth-order valence-electron chi connectivity index (χ4n) is 1.83. The Hall–Kier alpha value is -1.22. The van der Waals surface area contributed by atoms with Crippen molar-refractivity contribution >= 4 is 0 Å². The van der Waals surface area contributed by atoms with Gasteiger partial charge >= 0.3 is 0 Å². The van der Waals surface area contributed by atoms with Crippen molar-refractivity contribution in [3.63, 3.8) is 0 Å². The molecular weight excluding hydrogens is 180 g/mol. The van der Waals surface area contributed by atoms with Crippen LogP contribution in [0, 0.1) is 33.1 Å². The monoisotopic (exact) mass is 200 g/mol. The van der Waals surface area contributed by atoms with Crippen LogP contribution in [0.3, 0.4) is 0 Å². The summed E-state index contributed by atoms with van der Waals surface area (Å²) in [6.45, 7) is 6.56. The van der Waals surface area contributed by atoms with Crippen LogP contribution in [0.25, 0.3) is 0 Å². The molecule has 0 saturated carbocycles. The zero-order valence-corrected chi connectivity index (χ0v) is 10.1. The molecule has 0 aromatic heterocycles. The van der Waals surface area contributed by atoms with Crippen LogP contribution in [0.15, 0.2) is 12.1 Å². The van der Waals surface area contributed by atoms with E-state index >= 15 is 0 Å². The maximum absolute atomic E-state index is 5.23. The van der Waals surface area contributed by atoms with Gasteiger partial charge < -0.3 is 0 Å². The van der Waals surface area contributed by atoms with Crippen LogP contribution in [0.5, 0.6) is 0 Å². The molecule has 0 nitrogen and oxygen atoms in total. The van der Waals surface area contributed by atoms with Gasteiger partial charge in [0.2, 0.25) is 0 Å². The Labute approximate surface area is 93.7 Å². The predicted molar refractivity (Wildman–Crippen MR) is 67.0 cm³/mol. The van der Waals surface area contributed by atoms with Gasteiger partial charge in [-0.15, -0.1) is 12.3 Å². The lowest BCUT2D eigenvalue weighted by atomic mass is 9.97. The number of aryl methyl sites for hydroxylation is 3. The zero-order chi connectivity index (χ0) is 11.3. The van der Waals surface area contributed by atoms with Crippen LogP contribution in [0.2, 0.25) is 0 Å². The van der Waals surface area contributed by atoms with Crippen molar-refractivity contribution in [3.05, 3.63) is 34.4 Å². The van der Waals surface area contributed by atoms with E-state index in [0.717, 1.165) is 19.3 Å². The summed E-state index contributed by atoms with van der Waals surface area (Å²) >= 11 is 0.